The summed E-state index contributed by atoms with van der Waals surface area (Å²) in [6, 6.07) is 1.52. The lowest BCUT2D eigenvalue weighted by molar-refractivity contribution is 0.0694. The second-order valence-electron chi connectivity index (χ2n) is 8.42. The minimum Gasteiger partial charge on any atom is -0.477 e. The maximum absolute atomic E-state index is 15.1. The molecule has 2 aliphatic carbocycles. The third-order valence-corrected chi connectivity index (χ3v) is 6.61. The number of nitrogens with zero attached hydrogens (tertiary/aromatic N) is 2. The molecule has 1 atom stereocenters. The normalized spacial score (nSPS) is 22.5. The van der Waals surface area contributed by atoms with Crippen molar-refractivity contribution in [3.63, 3.8) is 0 Å². The highest BCUT2D eigenvalue weighted by atomic mass is 35.5. The Labute approximate surface area is 167 Å². The second kappa shape index (κ2) is 6.19. The molecule has 150 valence electrons. The fourth-order valence-electron chi connectivity index (χ4n) is 4.74. The number of hydrogen-bond acceptors (Lipinski definition) is 4. The van der Waals surface area contributed by atoms with Crippen molar-refractivity contribution >= 4 is 29.6 Å². The fraction of sp³-hybridized carbons (Fsp3) is 0.500. The first-order valence-corrected chi connectivity index (χ1v) is 9.44. The van der Waals surface area contributed by atoms with Gasteiger partial charge in [0.2, 0.25) is 0 Å². The Morgan fingerprint density at radius 1 is 1.36 bits per heavy atom. The molecule has 5 rings (SSSR count). The van der Waals surface area contributed by atoms with Crippen molar-refractivity contribution in [2.24, 2.45) is 11.1 Å². The van der Waals surface area contributed by atoms with Gasteiger partial charge in [0, 0.05) is 24.5 Å². The Morgan fingerprint density at radius 2 is 2.04 bits per heavy atom. The van der Waals surface area contributed by atoms with Crippen LogP contribution in [0.3, 0.4) is 0 Å². The van der Waals surface area contributed by atoms with Crippen molar-refractivity contribution in [3.8, 4) is 0 Å². The number of nitrogens with two attached hydrogens (primary N) is 1. The Balaban J connectivity index is 0.00000192. The summed E-state index contributed by atoms with van der Waals surface area (Å²) < 4.78 is 16.3. The molecule has 2 saturated carbocycles. The Morgan fingerprint density at radius 3 is 2.57 bits per heavy atom. The number of aryl methyl sites for hydroxylation is 1. The predicted molar refractivity (Wildman–Crippen MR) is 106 cm³/mol. The van der Waals surface area contributed by atoms with Crippen LogP contribution >= 0.6 is 12.4 Å². The zero-order valence-corrected chi connectivity index (χ0v) is 16.4. The van der Waals surface area contributed by atoms with Crippen LogP contribution < -0.4 is 16.2 Å². The molecule has 3 heterocycles. The average Bonchev–Trinajstić information content (AvgIpc) is 3.49. The largest absolute Gasteiger partial charge is 0.477 e. The molecule has 8 heteroatoms. The summed E-state index contributed by atoms with van der Waals surface area (Å²) in [6.07, 6.45) is 5.22. The quantitative estimate of drug-likeness (QED) is 0.816. The number of fused-ring (bicyclic) bond motifs is 1. The zero-order valence-electron chi connectivity index (χ0n) is 15.6. The predicted octanol–water partition coefficient (Wildman–Crippen LogP) is 2.67. The molecule has 0 radical (unpaired) electrons. The van der Waals surface area contributed by atoms with E-state index in [4.69, 9.17) is 5.73 Å². The van der Waals surface area contributed by atoms with Gasteiger partial charge in [-0.15, -0.1) is 12.4 Å². The lowest BCUT2D eigenvalue weighted by Crippen LogP contribution is -2.31. The van der Waals surface area contributed by atoms with Gasteiger partial charge >= 0.3 is 5.97 Å². The molecule has 0 aromatic carbocycles. The molecule has 1 spiro atoms. The monoisotopic (exact) mass is 407 g/mol. The summed E-state index contributed by atoms with van der Waals surface area (Å²) in [6.45, 7) is 3.16. The number of pyridine rings is 2. The lowest BCUT2D eigenvalue weighted by Gasteiger charge is -2.24. The molecular weight excluding hydrogens is 385 g/mol. The third-order valence-electron chi connectivity index (χ3n) is 6.61. The summed E-state index contributed by atoms with van der Waals surface area (Å²) in [5, 5.41) is 9.38. The molecule has 6 nitrogen and oxygen atoms in total. The number of carboxylic acid groups (broad SMARTS) is 1. The van der Waals surface area contributed by atoms with Crippen LogP contribution in [0.15, 0.2) is 17.1 Å². The minimum atomic E-state index is -1.28. The van der Waals surface area contributed by atoms with E-state index in [9.17, 15) is 14.7 Å². The van der Waals surface area contributed by atoms with E-state index in [1.165, 1.54) is 10.5 Å². The fourth-order valence-corrected chi connectivity index (χ4v) is 4.74. The van der Waals surface area contributed by atoms with Gasteiger partial charge in [-0.3, -0.25) is 9.20 Å². The van der Waals surface area contributed by atoms with Gasteiger partial charge in [0.1, 0.15) is 5.56 Å². The molecule has 0 bridgehead atoms. The molecule has 3 aliphatic rings. The summed E-state index contributed by atoms with van der Waals surface area (Å²) >= 11 is 0. The van der Waals surface area contributed by atoms with Crippen molar-refractivity contribution in [2.45, 2.75) is 44.6 Å². The zero-order chi connectivity index (χ0) is 19.1. The van der Waals surface area contributed by atoms with E-state index in [1.807, 2.05) is 11.8 Å². The minimum absolute atomic E-state index is 0. The SMILES string of the molecule is Cc1c(N2C[C@@H](N)C3(CC3)C2)c(F)cn2c(=O)c(C(=O)O)cc(C3CC3)c12.Cl. The summed E-state index contributed by atoms with van der Waals surface area (Å²) in [4.78, 5) is 26.1. The maximum atomic E-state index is 15.1. The van der Waals surface area contributed by atoms with Crippen LogP contribution in [0.5, 0.6) is 0 Å². The van der Waals surface area contributed by atoms with Gasteiger partial charge in [-0.1, -0.05) is 0 Å². The molecule has 2 aromatic heterocycles. The van der Waals surface area contributed by atoms with Gasteiger partial charge in [0.25, 0.3) is 5.56 Å². The van der Waals surface area contributed by atoms with E-state index in [0.717, 1.165) is 44.0 Å². The highest BCUT2D eigenvalue weighted by Gasteiger charge is 2.54. The van der Waals surface area contributed by atoms with E-state index in [1.54, 1.807) is 0 Å². The van der Waals surface area contributed by atoms with Crippen molar-refractivity contribution < 1.29 is 14.3 Å². The smallest absolute Gasteiger partial charge is 0.341 e. The molecule has 1 saturated heterocycles. The summed E-state index contributed by atoms with van der Waals surface area (Å²) in [5.74, 6) is -1.55. The molecule has 3 N–H and O–H groups in total. The Hall–Kier alpha value is -2.12. The number of carboxylic acids is 1. The van der Waals surface area contributed by atoms with Gasteiger partial charge in [-0.05, 0) is 55.7 Å². The maximum Gasteiger partial charge on any atom is 0.341 e. The second-order valence-corrected chi connectivity index (χ2v) is 8.42. The molecule has 1 aliphatic heterocycles. The summed E-state index contributed by atoms with van der Waals surface area (Å²) in [7, 11) is 0. The molecule has 28 heavy (non-hydrogen) atoms. The van der Waals surface area contributed by atoms with Crippen LogP contribution in [0.1, 0.15) is 53.1 Å². The van der Waals surface area contributed by atoms with Crippen LogP contribution in [0.2, 0.25) is 0 Å². The van der Waals surface area contributed by atoms with E-state index in [-0.39, 0.29) is 35.3 Å². The van der Waals surface area contributed by atoms with Crippen molar-refractivity contribution in [1.82, 2.24) is 4.40 Å². The Bertz CT molecular complexity index is 1060. The standard InChI is InChI=1S/C20H22FN3O3.ClH/c1-10-16-12(11-2-3-11)6-13(19(26)27)18(25)24(16)7-14(21)17(10)23-8-15(22)20(9-23)4-5-20;/h6-7,11,15H,2-5,8-9,22H2,1H3,(H,26,27);1H/t15-;/m1./s1. The number of aromatic carboxylic acids is 1. The molecule has 3 fully saturated rings. The van der Waals surface area contributed by atoms with Crippen molar-refractivity contribution in [3.05, 3.63) is 45.1 Å². The Kier molecular flexibility index (Phi) is 4.25. The van der Waals surface area contributed by atoms with E-state index in [0.29, 0.717) is 23.3 Å². The molecule has 2 aromatic rings. The summed E-state index contributed by atoms with van der Waals surface area (Å²) in [5.41, 5.74) is 8.08. The molecule has 0 unspecified atom stereocenters. The van der Waals surface area contributed by atoms with E-state index < -0.39 is 17.3 Å². The number of rotatable bonds is 3. The van der Waals surface area contributed by atoms with Gasteiger partial charge in [-0.2, -0.15) is 0 Å². The highest BCUT2D eigenvalue weighted by Crippen LogP contribution is 2.53. The average molecular weight is 408 g/mol. The van der Waals surface area contributed by atoms with Crippen LogP contribution in [0.25, 0.3) is 5.52 Å². The number of carbonyl (C=O) groups is 1. The van der Waals surface area contributed by atoms with Crippen molar-refractivity contribution in [2.75, 3.05) is 18.0 Å². The number of halogens is 2. The van der Waals surface area contributed by atoms with Crippen LogP contribution in [-0.4, -0.2) is 34.6 Å². The molecular formula is C20H23ClFN3O3. The first-order valence-electron chi connectivity index (χ1n) is 9.44. The van der Waals surface area contributed by atoms with Gasteiger partial charge in [0.15, 0.2) is 5.82 Å². The number of aromatic nitrogens is 1. The van der Waals surface area contributed by atoms with Crippen LogP contribution in [0.4, 0.5) is 10.1 Å². The van der Waals surface area contributed by atoms with Gasteiger partial charge in [0.05, 0.1) is 17.4 Å². The van der Waals surface area contributed by atoms with Crippen LogP contribution in [0, 0.1) is 18.2 Å². The van der Waals surface area contributed by atoms with E-state index in [2.05, 4.69) is 0 Å². The van der Waals surface area contributed by atoms with E-state index >= 15 is 4.39 Å². The highest BCUT2D eigenvalue weighted by molar-refractivity contribution is 5.89. The number of hydrogen-bond donors (Lipinski definition) is 2. The number of anilines is 1. The lowest BCUT2D eigenvalue weighted by atomic mass is 10.0. The van der Waals surface area contributed by atoms with Gasteiger partial charge < -0.3 is 15.7 Å². The first kappa shape index (κ1) is 19.2. The first-order chi connectivity index (χ1) is 12.8. The van der Waals surface area contributed by atoms with Crippen molar-refractivity contribution in [1.29, 1.82) is 0 Å². The van der Waals surface area contributed by atoms with Gasteiger partial charge in [-0.25, -0.2) is 9.18 Å². The topological polar surface area (TPSA) is 88.0 Å². The third kappa shape index (κ3) is 2.63. The van der Waals surface area contributed by atoms with Crippen LogP contribution in [-0.2, 0) is 0 Å². The molecule has 0 amide bonds.